The number of amides is 2. The van der Waals surface area contributed by atoms with Crippen LogP contribution in [-0.4, -0.2) is 41.6 Å². The lowest BCUT2D eigenvalue weighted by atomic mass is 10.0. The van der Waals surface area contributed by atoms with E-state index in [-0.39, 0.29) is 5.91 Å². The lowest BCUT2D eigenvalue weighted by Gasteiger charge is -2.35. The number of anilines is 2. The van der Waals surface area contributed by atoms with Crippen molar-refractivity contribution in [2.45, 2.75) is 71.6 Å². The van der Waals surface area contributed by atoms with E-state index in [1.807, 2.05) is 32.9 Å². The van der Waals surface area contributed by atoms with Crippen LogP contribution < -0.4 is 10.2 Å². The van der Waals surface area contributed by atoms with Gasteiger partial charge < -0.3 is 15.0 Å². The van der Waals surface area contributed by atoms with E-state index < -0.39 is 17.7 Å². The third kappa shape index (κ3) is 5.66. The number of hydrogen-bond donors (Lipinski definition) is 1. The van der Waals surface area contributed by atoms with Crippen molar-refractivity contribution in [3.63, 3.8) is 0 Å². The van der Waals surface area contributed by atoms with Gasteiger partial charge in [-0.05, 0) is 76.6 Å². The number of fused-ring (bicyclic) bond motifs is 1. The molecule has 7 heteroatoms. The molecule has 6 nitrogen and oxygen atoms in total. The van der Waals surface area contributed by atoms with E-state index in [0.717, 1.165) is 43.6 Å². The zero-order chi connectivity index (χ0) is 24.5. The van der Waals surface area contributed by atoms with Gasteiger partial charge in [-0.1, -0.05) is 41.4 Å². The quantitative estimate of drug-likeness (QED) is 0.584. The van der Waals surface area contributed by atoms with Crippen LogP contribution in [0.2, 0.25) is 5.02 Å². The van der Waals surface area contributed by atoms with Crippen LogP contribution in [0.25, 0.3) is 0 Å². The number of rotatable bonds is 4. The first kappa shape index (κ1) is 24.4. The predicted molar refractivity (Wildman–Crippen MR) is 137 cm³/mol. The smallest absolute Gasteiger partial charge is 0.410 e. The van der Waals surface area contributed by atoms with Gasteiger partial charge in [0.2, 0.25) is 5.91 Å². The van der Waals surface area contributed by atoms with E-state index >= 15 is 0 Å². The number of likely N-dealkylation sites (tertiary alicyclic amines) is 1. The number of benzene rings is 2. The molecule has 1 saturated heterocycles. The van der Waals surface area contributed by atoms with Crippen LogP contribution in [0.4, 0.5) is 16.2 Å². The van der Waals surface area contributed by atoms with Crippen molar-refractivity contribution in [3.05, 3.63) is 58.1 Å². The van der Waals surface area contributed by atoms with Crippen molar-refractivity contribution in [1.82, 2.24) is 4.90 Å². The maximum absolute atomic E-state index is 13.2. The van der Waals surface area contributed by atoms with Gasteiger partial charge in [0.25, 0.3) is 0 Å². The molecule has 182 valence electrons. The van der Waals surface area contributed by atoms with Gasteiger partial charge >= 0.3 is 6.09 Å². The van der Waals surface area contributed by atoms with Gasteiger partial charge in [-0.25, -0.2) is 4.79 Å². The number of piperidine rings is 1. The van der Waals surface area contributed by atoms with Gasteiger partial charge in [0, 0.05) is 25.3 Å². The summed E-state index contributed by atoms with van der Waals surface area (Å²) in [5, 5.41) is 3.64. The fraction of sp³-hybridized carbons (Fsp3) is 0.481. The van der Waals surface area contributed by atoms with E-state index in [2.05, 4.69) is 41.4 Å². The Morgan fingerprint density at radius 1 is 1.12 bits per heavy atom. The van der Waals surface area contributed by atoms with E-state index in [9.17, 15) is 9.59 Å². The summed E-state index contributed by atoms with van der Waals surface area (Å²) in [7, 11) is 0. The molecule has 1 N–H and O–H groups in total. The van der Waals surface area contributed by atoms with E-state index in [0.29, 0.717) is 23.7 Å². The molecule has 1 atom stereocenters. The number of nitrogens with one attached hydrogen (secondary N) is 1. The monoisotopic (exact) mass is 483 g/mol. The molecule has 1 fully saturated rings. The molecular formula is C27H34ClN3O3. The molecule has 0 spiro atoms. The van der Waals surface area contributed by atoms with Gasteiger partial charge in [-0.15, -0.1) is 0 Å². The first-order chi connectivity index (χ1) is 16.1. The molecule has 2 heterocycles. The molecular weight excluding hydrogens is 450 g/mol. The van der Waals surface area contributed by atoms with Crippen molar-refractivity contribution in [2.75, 3.05) is 23.3 Å². The summed E-state index contributed by atoms with van der Waals surface area (Å²) in [6, 6.07) is 11.8. The van der Waals surface area contributed by atoms with Crippen LogP contribution >= 0.6 is 11.6 Å². The van der Waals surface area contributed by atoms with Crippen LogP contribution in [-0.2, 0) is 22.5 Å². The summed E-state index contributed by atoms with van der Waals surface area (Å²) in [4.78, 5) is 29.7. The van der Waals surface area contributed by atoms with Gasteiger partial charge in [-0.2, -0.15) is 0 Å². The summed E-state index contributed by atoms with van der Waals surface area (Å²) in [5.41, 5.74) is 4.71. The number of carbonyl (C=O) groups is 2. The largest absolute Gasteiger partial charge is 0.444 e. The fourth-order valence-electron chi connectivity index (χ4n) is 4.68. The number of nitrogens with zero attached hydrogens (tertiary/aromatic N) is 2. The molecule has 0 bridgehead atoms. The summed E-state index contributed by atoms with van der Waals surface area (Å²) < 4.78 is 5.53. The van der Waals surface area contributed by atoms with Crippen LogP contribution in [0.3, 0.4) is 0 Å². The Morgan fingerprint density at radius 2 is 1.85 bits per heavy atom. The third-order valence-electron chi connectivity index (χ3n) is 6.30. The Balaban J connectivity index is 1.47. The summed E-state index contributed by atoms with van der Waals surface area (Å²) in [5.74, 6) is -0.198. The molecule has 0 saturated carbocycles. The van der Waals surface area contributed by atoms with Crippen molar-refractivity contribution < 1.29 is 14.3 Å². The molecule has 34 heavy (non-hydrogen) atoms. The first-order valence-corrected chi connectivity index (χ1v) is 12.4. The highest BCUT2D eigenvalue weighted by Crippen LogP contribution is 2.39. The van der Waals surface area contributed by atoms with Crippen LogP contribution in [0, 0.1) is 6.92 Å². The summed E-state index contributed by atoms with van der Waals surface area (Å²) in [6.07, 6.45) is 2.82. The van der Waals surface area contributed by atoms with E-state index in [1.165, 1.54) is 11.1 Å². The second-order valence-electron chi connectivity index (χ2n) is 10.3. The van der Waals surface area contributed by atoms with Gasteiger partial charge in [0.15, 0.2) is 0 Å². The van der Waals surface area contributed by atoms with Crippen molar-refractivity contribution in [2.24, 2.45) is 0 Å². The number of ether oxygens (including phenoxy) is 1. The predicted octanol–water partition coefficient (Wildman–Crippen LogP) is 5.94. The molecule has 2 aliphatic rings. The van der Waals surface area contributed by atoms with Crippen LogP contribution in [0.5, 0.6) is 0 Å². The Labute approximate surface area is 207 Å². The molecule has 2 aliphatic heterocycles. The van der Waals surface area contributed by atoms with E-state index in [4.69, 9.17) is 16.3 Å². The molecule has 4 rings (SSSR count). The minimum absolute atomic E-state index is 0.198. The zero-order valence-electron chi connectivity index (χ0n) is 20.5. The summed E-state index contributed by atoms with van der Waals surface area (Å²) in [6.45, 7) is 9.78. The Morgan fingerprint density at radius 3 is 2.56 bits per heavy atom. The maximum Gasteiger partial charge on any atom is 0.410 e. The highest BCUT2D eigenvalue weighted by Gasteiger charge is 2.35. The van der Waals surface area contributed by atoms with Crippen molar-refractivity contribution in [1.29, 1.82) is 0 Å². The van der Waals surface area contributed by atoms with Gasteiger partial charge in [0.05, 0.1) is 10.7 Å². The lowest BCUT2D eigenvalue weighted by Crippen LogP contribution is -2.51. The molecule has 0 unspecified atom stereocenters. The van der Waals surface area contributed by atoms with Gasteiger partial charge in [-0.3, -0.25) is 9.69 Å². The Kier molecular flexibility index (Phi) is 7.08. The SMILES string of the molecule is Cc1ccc(CN2CCc3cc(NC(=O)[C@H]4CCCCN4C(=O)OC(C)(C)C)cc(Cl)c32)cc1. The standard InChI is InChI=1S/C27H34ClN3O3/c1-18-8-10-19(11-9-18)17-30-14-12-20-15-21(16-22(28)24(20)30)29-25(32)23-7-5-6-13-31(23)26(33)34-27(2,3)4/h8-11,15-16,23H,5-7,12-14,17H2,1-4H3,(H,29,32)/t23-/m1/s1. The minimum atomic E-state index is -0.604. The minimum Gasteiger partial charge on any atom is -0.444 e. The van der Waals surface area contributed by atoms with Crippen LogP contribution in [0.1, 0.15) is 56.7 Å². The molecule has 0 aromatic heterocycles. The van der Waals surface area contributed by atoms with Crippen molar-refractivity contribution >= 4 is 35.0 Å². The average molecular weight is 484 g/mol. The number of aryl methyl sites for hydroxylation is 1. The normalized spacial score (nSPS) is 18.0. The van der Waals surface area contributed by atoms with Gasteiger partial charge in [0.1, 0.15) is 11.6 Å². The first-order valence-electron chi connectivity index (χ1n) is 12.0. The molecule has 0 aliphatic carbocycles. The maximum atomic E-state index is 13.2. The highest BCUT2D eigenvalue weighted by atomic mass is 35.5. The van der Waals surface area contributed by atoms with Crippen molar-refractivity contribution in [3.8, 4) is 0 Å². The fourth-order valence-corrected chi connectivity index (χ4v) is 5.04. The van der Waals surface area contributed by atoms with Crippen LogP contribution in [0.15, 0.2) is 36.4 Å². The Bertz CT molecular complexity index is 1060. The molecule has 2 aromatic rings. The molecule has 2 amide bonds. The highest BCUT2D eigenvalue weighted by molar-refractivity contribution is 6.34. The second kappa shape index (κ2) is 9.87. The number of carbonyl (C=O) groups excluding carboxylic acids is 2. The molecule has 0 radical (unpaired) electrons. The average Bonchev–Trinajstić information content (AvgIpc) is 3.17. The topological polar surface area (TPSA) is 61.9 Å². The second-order valence-corrected chi connectivity index (χ2v) is 10.7. The Hall–Kier alpha value is -2.73. The zero-order valence-corrected chi connectivity index (χ0v) is 21.2. The molecule has 2 aromatic carbocycles. The lowest BCUT2D eigenvalue weighted by molar-refractivity contribution is -0.122. The summed E-state index contributed by atoms with van der Waals surface area (Å²) >= 11 is 6.70. The van der Waals surface area contributed by atoms with E-state index in [1.54, 1.807) is 4.90 Å². The third-order valence-corrected chi connectivity index (χ3v) is 6.59. The number of halogens is 1. The number of hydrogen-bond acceptors (Lipinski definition) is 4.